The first kappa shape index (κ1) is 14.8. The minimum absolute atomic E-state index is 0.159. The van der Waals surface area contributed by atoms with Crippen molar-refractivity contribution >= 4 is 6.09 Å². The van der Waals surface area contributed by atoms with E-state index in [1.165, 1.54) is 12.1 Å². The molecule has 110 valence electrons. The third-order valence-corrected chi connectivity index (χ3v) is 3.28. The molecule has 0 aliphatic carbocycles. The smallest absolute Gasteiger partial charge is 0.410 e. The SMILES string of the molecule is CC(C)(C)OC(=O)N1CC[C@H](N)[C@H]1c1ccc(F)cc1. The lowest BCUT2D eigenvalue weighted by molar-refractivity contribution is 0.0218. The van der Waals surface area contributed by atoms with Crippen LogP contribution in [-0.2, 0) is 4.74 Å². The van der Waals surface area contributed by atoms with Crippen molar-refractivity contribution in [3.8, 4) is 0 Å². The molecular formula is C15H21FN2O2. The van der Waals surface area contributed by atoms with Crippen LogP contribution in [0.1, 0.15) is 38.8 Å². The molecular weight excluding hydrogens is 259 g/mol. The van der Waals surface area contributed by atoms with E-state index in [1.54, 1.807) is 17.0 Å². The third kappa shape index (κ3) is 3.28. The van der Waals surface area contributed by atoms with Crippen molar-refractivity contribution in [2.75, 3.05) is 6.54 Å². The van der Waals surface area contributed by atoms with Crippen molar-refractivity contribution in [2.24, 2.45) is 5.73 Å². The van der Waals surface area contributed by atoms with Gasteiger partial charge in [-0.2, -0.15) is 0 Å². The summed E-state index contributed by atoms with van der Waals surface area (Å²) >= 11 is 0. The first-order chi connectivity index (χ1) is 9.28. The highest BCUT2D eigenvalue weighted by molar-refractivity contribution is 5.69. The highest BCUT2D eigenvalue weighted by atomic mass is 19.1. The number of hydrogen-bond donors (Lipinski definition) is 1. The molecule has 4 nitrogen and oxygen atoms in total. The first-order valence-electron chi connectivity index (χ1n) is 6.78. The van der Waals surface area contributed by atoms with Crippen LogP contribution in [0, 0.1) is 5.82 Å². The standard InChI is InChI=1S/C15H21FN2O2/c1-15(2,3)20-14(19)18-9-8-12(17)13(18)10-4-6-11(16)7-5-10/h4-7,12-13H,8-9,17H2,1-3H3/t12-,13+/m0/s1. The molecule has 0 aromatic heterocycles. The number of benzene rings is 1. The molecule has 20 heavy (non-hydrogen) atoms. The summed E-state index contributed by atoms with van der Waals surface area (Å²) in [6.07, 6.45) is 0.334. The van der Waals surface area contributed by atoms with Crippen molar-refractivity contribution in [1.29, 1.82) is 0 Å². The summed E-state index contributed by atoms with van der Waals surface area (Å²) in [4.78, 5) is 13.9. The Morgan fingerprint density at radius 2 is 1.95 bits per heavy atom. The summed E-state index contributed by atoms with van der Waals surface area (Å²) in [5, 5.41) is 0. The molecule has 2 rings (SSSR count). The Morgan fingerprint density at radius 1 is 1.35 bits per heavy atom. The van der Waals surface area contributed by atoms with Crippen molar-refractivity contribution in [3.05, 3.63) is 35.6 Å². The topological polar surface area (TPSA) is 55.6 Å². The largest absolute Gasteiger partial charge is 0.444 e. The Bertz CT molecular complexity index is 482. The predicted molar refractivity (Wildman–Crippen MR) is 74.7 cm³/mol. The summed E-state index contributed by atoms with van der Waals surface area (Å²) in [7, 11) is 0. The zero-order chi connectivity index (χ0) is 14.9. The van der Waals surface area contributed by atoms with Crippen LogP contribution in [0.15, 0.2) is 24.3 Å². The Balaban J connectivity index is 2.20. The van der Waals surface area contributed by atoms with Gasteiger partial charge in [-0.25, -0.2) is 9.18 Å². The molecule has 1 aliphatic rings. The van der Waals surface area contributed by atoms with Gasteiger partial charge in [0.15, 0.2) is 0 Å². The number of likely N-dealkylation sites (tertiary alicyclic amines) is 1. The summed E-state index contributed by atoms with van der Waals surface area (Å²) < 4.78 is 18.4. The molecule has 2 N–H and O–H groups in total. The molecule has 0 unspecified atom stereocenters. The zero-order valence-electron chi connectivity index (χ0n) is 12.1. The van der Waals surface area contributed by atoms with Crippen molar-refractivity contribution in [3.63, 3.8) is 0 Å². The van der Waals surface area contributed by atoms with E-state index in [4.69, 9.17) is 10.5 Å². The third-order valence-electron chi connectivity index (χ3n) is 3.28. The summed E-state index contributed by atoms with van der Waals surface area (Å²) in [5.41, 5.74) is 6.39. The van der Waals surface area contributed by atoms with Crippen LogP contribution in [0.5, 0.6) is 0 Å². The Morgan fingerprint density at radius 3 is 2.50 bits per heavy atom. The lowest BCUT2D eigenvalue weighted by atomic mass is 10.0. The van der Waals surface area contributed by atoms with E-state index in [0.717, 1.165) is 5.56 Å². The van der Waals surface area contributed by atoms with Gasteiger partial charge in [0.25, 0.3) is 0 Å². The predicted octanol–water partition coefficient (Wildman–Crippen LogP) is 2.83. The average molecular weight is 280 g/mol. The van der Waals surface area contributed by atoms with E-state index in [0.29, 0.717) is 13.0 Å². The number of nitrogens with two attached hydrogens (primary N) is 1. The molecule has 2 atom stereocenters. The number of ether oxygens (including phenoxy) is 1. The number of hydrogen-bond acceptors (Lipinski definition) is 3. The first-order valence-corrected chi connectivity index (χ1v) is 6.78. The average Bonchev–Trinajstić information content (AvgIpc) is 2.70. The maximum absolute atomic E-state index is 13.0. The van der Waals surface area contributed by atoms with Gasteiger partial charge in [-0.3, -0.25) is 4.90 Å². The second-order valence-corrected chi connectivity index (χ2v) is 6.12. The Labute approximate surface area is 118 Å². The van der Waals surface area contributed by atoms with Crippen molar-refractivity contribution in [2.45, 2.75) is 44.9 Å². The number of nitrogens with zero attached hydrogens (tertiary/aromatic N) is 1. The minimum Gasteiger partial charge on any atom is -0.444 e. The quantitative estimate of drug-likeness (QED) is 0.860. The maximum Gasteiger partial charge on any atom is 0.410 e. The summed E-state index contributed by atoms with van der Waals surface area (Å²) in [5.74, 6) is -0.302. The molecule has 1 amide bonds. The number of halogens is 1. The number of carbonyl (C=O) groups is 1. The number of amides is 1. The van der Waals surface area contributed by atoms with Crippen LogP contribution in [-0.4, -0.2) is 29.2 Å². The van der Waals surface area contributed by atoms with Gasteiger partial charge in [0.2, 0.25) is 0 Å². The minimum atomic E-state index is -0.545. The molecule has 1 heterocycles. The second kappa shape index (κ2) is 5.40. The molecule has 0 saturated carbocycles. The van der Waals surface area contributed by atoms with Crippen LogP contribution >= 0.6 is 0 Å². The van der Waals surface area contributed by atoms with Crippen molar-refractivity contribution in [1.82, 2.24) is 4.90 Å². The van der Waals surface area contributed by atoms with E-state index in [9.17, 15) is 9.18 Å². The monoisotopic (exact) mass is 280 g/mol. The second-order valence-electron chi connectivity index (χ2n) is 6.12. The highest BCUT2D eigenvalue weighted by Gasteiger charge is 2.38. The molecule has 1 aromatic carbocycles. The van der Waals surface area contributed by atoms with E-state index in [-0.39, 0.29) is 24.0 Å². The van der Waals surface area contributed by atoms with Crippen LogP contribution < -0.4 is 5.73 Å². The van der Waals surface area contributed by atoms with E-state index >= 15 is 0 Å². The number of carbonyl (C=O) groups excluding carboxylic acids is 1. The van der Waals surface area contributed by atoms with Crippen LogP contribution in [0.3, 0.4) is 0 Å². The van der Waals surface area contributed by atoms with Crippen LogP contribution in [0.2, 0.25) is 0 Å². The van der Waals surface area contributed by atoms with Gasteiger partial charge in [-0.15, -0.1) is 0 Å². The number of rotatable bonds is 1. The molecule has 1 fully saturated rings. The van der Waals surface area contributed by atoms with Gasteiger partial charge < -0.3 is 10.5 Å². The normalized spacial score (nSPS) is 22.9. The van der Waals surface area contributed by atoms with Gasteiger partial charge in [-0.05, 0) is 44.9 Å². The fourth-order valence-electron chi connectivity index (χ4n) is 2.43. The zero-order valence-corrected chi connectivity index (χ0v) is 12.1. The highest BCUT2D eigenvalue weighted by Crippen LogP contribution is 2.32. The Kier molecular flexibility index (Phi) is 3.99. The molecule has 1 aromatic rings. The molecule has 1 aliphatic heterocycles. The Hall–Kier alpha value is -1.62. The van der Waals surface area contributed by atoms with E-state index in [1.807, 2.05) is 20.8 Å². The molecule has 0 spiro atoms. The fourth-order valence-corrected chi connectivity index (χ4v) is 2.43. The lowest BCUT2D eigenvalue weighted by Crippen LogP contribution is -2.39. The van der Waals surface area contributed by atoms with Gasteiger partial charge in [0.05, 0.1) is 6.04 Å². The van der Waals surface area contributed by atoms with Crippen molar-refractivity contribution < 1.29 is 13.9 Å². The molecule has 1 saturated heterocycles. The van der Waals surface area contributed by atoms with E-state index in [2.05, 4.69) is 0 Å². The maximum atomic E-state index is 13.0. The molecule has 5 heteroatoms. The molecule has 0 radical (unpaired) electrons. The van der Waals surface area contributed by atoms with Crippen LogP contribution in [0.4, 0.5) is 9.18 Å². The van der Waals surface area contributed by atoms with Gasteiger partial charge in [0.1, 0.15) is 11.4 Å². The van der Waals surface area contributed by atoms with Gasteiger partial charge in [0, 0.05) is 12.6 Å². The van der Waals surface area contributed by atoms with Crippen LogP contribution in [0.25, 0.3) is 0 Å². The van der Waals surface area contributed by atoms with Gasteiger partial charge >= 0.3 is 6.09 Å². The molecule has 0 bridgehead atoms. The summed E-state index contributed by atoms with van der Waals surface area (Å²) in [6.45, 7) is 6.04. The van der Waals surface area contributed by atoms with Gasteiger partial charge in [-0.1, -0.05) is 12.1 Å². The van der Waals surface area contributed by atoms with E-state index < -0.39 is 5.60 Å². The lowest BCUT2D eigenvalue weighted by Gasteiger charge is -2.30. The fraction of sp³-hybridized carbons (Fsp3) is 0.533. The summed E-state index contributed by atoms with van der Waals surface area (Å²) in [6, 6.07) is 5.69.